The van der Waals surface area contributed by atoms with E-state index >= 15 is 0 Å². The maximum absolute atomic E-state index is 11.1. The van der Waals surface area contributed by atoms with E-state index in [0.717, 1.165) is 6.29 Å². The molecule has 0 saturated heterocycles. The standard InChI is InChI=1S/C9H16O3/c1-4-12-9(11)8(3)7(2)5-6-10/h6-8H,4-5H2,1-3H3. The molecule has 0 bridgehead atoms. The summed E-state index contributed by atoms with van der Waals surface area (Å²) in [5.74, 6) is -0.330. The Kier molecular flexibility index (Phi) is 5.34. The van der Waals surface area contributed by atoms with Crippen LogP contribution in [0.4, 0.5) is 0 Å². The SMILES string of the molecule is CCOC(=O)C(C)C(C)CC=O. The molecule has 12 heavy (non-hydrogen) atoms. The van der Waals surface area contributed by atoms with Gasteiger partial charge in [-0.05, 0) is 12.8 Å². The Morgan fingerprint density at radius 1 is 1.50 bits per heavy atom. The highest BCUT2D eigenvalue weighted by molar-refractivity contribution is 5.72. The highest BCUT2D eigenvalue weighted by Crippen LogP contribution is 2.14. The van der Waals surface area contributed by atoms with Crippen LogP contribution in [0.5, 0.6) is 0 Å². The van der Waals surface area contributed by atoms with Crippen LogP contribution < -0.4 is 0 Å². The van der Waals surface area contributed by atoms with Gasteiger partial charge >= 0.3 is 5.97 Å². The van der Waals surface area contributed by atoms with E-state index in [1.807, 2.05) is 6.92 Å². The van der Waals surface area contributed by atoms with Gasteiger partial charge in [-0.25, -0.2) is 0 Å². The molecule has 0 saturated carbocycles. The normalized spacial score (nSPS) is 14.9. The molecule has 0 rings (SSSR count). The zero-order chi connectivity index (χ0) is 9.56. The summed E-state index contributed by atoms with van der Waals surface area (Å²) in [6.45, 7) is 5.83. The summed E-state index contributed by atoms with van der Waals surface area (Å²) < 4.78 is 4.82. The van der Waals surface area contributed by atoms with E-state index < -0.39 is 0 Å². The molecule has 0 aromatic carbocycles. The molecule has 0 N–H and O–H groups in total. The molecular formula is C9H16O3. The van der Waals surface area contributed by atoms with Gasteiger partial charge in [0, 0.05) is 6.42 Å². The van der Waals surface area contributed by atoms with Crippen LogP contribution in [0.25, 0.3) is 0 Å². The minimum absolute atomic E-state index is 0.0709. The van der Waals surface area contributed by atoms with Gasteiger partial charge in [0.05, 0.1) is 12.5 Å². The summed E-state index contributed by atoms with van der Waals surface area (Å²) in [5.41, 5.74) is 0. The van der Waals surface area contributed by atoms with Crippen LogP contribution in [-0.4, -0.2) is 18.9 Å². The first-order valence-corrected chi connectivity index (χ1v) is 4.23. The fourth-order valence-corrected chi connectivity index (χ4v) is 0.862. The molecule has 0 aliphatic heterocycles. The van der Waals surface area contributed by atoms with Gasteiger partial charge in [-0.3, -0.25) is 4.79 Å². The summed E-state index contributed by atoms with van der Waals surface area (Å²) >= 11 is 0. The fourth-order valence-electron chi connectivity index (χ4n) is 0.862. The Morgan fingerprint density at radius 2 is 2.08 bits per heavy atom. The van der Waals surface area contributed by atoms with Crippen molar-refractivity contribution in [2.75, 3.05) is 6.61 Å². The lowest BCUT2D eigenvalue weighted by Gasteiger charge is -2.15. The number of carbonyl (C=O) groups excluding carboxylic acids is 2. The second kappa shape index (κ2) is 5.75. The first kappa shape index (κ1) is 11.1. The van der Waals surface area contributed by atoms with Gasteiger partial charge in [0.15, 0.2) is 0 Å². The van der Waals surface area contributed by atoms with E-state index in [4.69, 9.17) is 4.74 Å². The van der Waals surface area contributed by atoms with Crippen LogP contribution in [0.15, 0.2) is 0 Å². The smallest absolute Gasteiger partial charge is 0.308 e. The van der Waals surface area contributed by atoms with E-state index in [9.17, 15) is 9.59 Å². The Labute approximate surface area is 73.1 Å². The van der Waals surface area contributed by atoms with E-state index in [0.29, 0.717) is 13.0 Å². The summed E-state index contributed by atoms with van der Waals surface area (Å²) in [6, 6.07) is 0. The molecule has 2 atom stereocenters. The zero-order valence-electron chi connectivity index (χ0n) is 7.87. The molecule has 0 spiro atoms. The summed E-state index contributed by atoms with van der Waals surface area (Å²) in [7, 11) is 0. The van der Waals surface area contributed by atoms with Gasteiger partial charge in [-0.2, -0.15) is 0 Å². The van der Waals surface area contributed by atoms with Crippen molar-refractivity contribution in [3.63, 3.8) is 0 Å². The lowest BCUT2D eigenvalue weighted by Crippen LogP contribution is -2.21. The van der Waals surface area contributed by atoms with Gasteiger partial charge in [0.25, 0.3) is 0 Å². The first-order chi connectivity index (χ1) is 5.63. The largest absolute Gasteiger partial charge is 0.466 e. The number of carbonyl (C=O) groups is 2. The van der Waals surface area contributed by atoms with Crippen molar-refractivity contribution < 1.29 is 14.3 Å². The Morgan fingerprint density at radius 3 is 2.50 bits per heavy atom. The molecule has 0 fully saturated rings. The molecule has 0 heterocycles. The molecular weight excluding hydrogens is 156 g/mol. The van der Waals surface area contributed by atoms with Crippen LogP contribution in [0.3, 0.4) is 0 Å². The van der Waals surface area contributed by atoms with Crippen molar-refractivity contribution in [3.05, 3.63) is 0 Å². The van der Waals surface area contributed by atoms with Crippen molar-refractivity contribution in [3.8, 4) is 0 Å². The highest BCUT2D eigenvalue weighted by atomic mass is 16.5. The van der Waals surface area contributed by atoms with Crippen molar-refractivity contribution in [2.45, 2.75) is 27.2 Å². The van der Waals surface area contributed by atoms with Crippen molar-refractivity contribution in [1.29, 1.82) is 0 Å². The third-order valence-corrected chi connectivity index (χ3v) is 1.98. The van der Waals surface area contributed by atoms with E-state index in [1.54, 1.807) is 13.8 Å². The first-order valence-electron chi connectivity index (χ1n) is 4.23. The Hall–Kier alpha value is -0.860. The third-order valence-electron chi connectivity index (χ3n) is 1.98. The molecule has 3 nitrogen and oxygen atoms in total. The maximum Gasteiger partial charge on any atom is 0.308 e. The predicted octanol–water partition coefficient (Wildman–Crippen LogP) is 1.41. The second-order valence-corrected chi connectivity index (χ2v) is 2.92. The molecule has 0 amide bonds. The summed E-state index contributed by atoms with van der Waals surface area (Å²) in [6.07, 6.45) is 1.25. The Balaban J connectivity index is 3.90. The fraction of sp³-hybridized carbons (Fsp3) is 0.778. The number of hydrogen-bond donors (Lipinski definition) is 0. The Bertz CT molecular complexity index is 154. The number of aldehydes is 1. The highest BCUT2D eigenvalue weighted by Gasteiger charge is 2.20. The molecule has 3 heteroatoms. The van der Waals surface area contributed by atoms with Gasteiger partial charge in [-0.15, -0.1) is 0 Å². The van der Waals surface area contributed by atoms with Gasteiger partial charge in [-0.1, -0.05) is 13.8 Å². The minimum Gasteiger partial charge on any atom is -0.466 e. The summed E-state index contributed by atoms with van der Waals surface area (Å²) in [5, 5.41) is 0. The quantitative estimate of drug-likeness (QED) is 0.465. The zero-order valence-corrected chi connectivity index (χ0v) is 7.87. The molecule has 0 aromatic heterocycles. The number of esters is 1. The topological polar surface area (TPSA) is 43.4 Å². The lowest BCUT2D eigenvalue weighted by molar-refractivity contribution is -0.149. The van der Waals surface area contributed by atoms with Crippen LogP contribution >= 0.6 is 0 Å². The molecule has 2 unspecified atom stereocenters. The molecule has 0 aromatic rings. The van der Waals surface area contributed by atoms with E-state index in [2.05, 4.69) is 0 Å². The van der Waals surface area contributed by atoms with Gasteiger partial charge < -0.3 is 9.53 Å². The molecule has 0 aliphatic rings. The monoisotopic (exact) mass is 172 g/mol. The van der Waals surface area contributed by atoms with Crippen molar-refractivity contribution in [1.82, 2.24) is 0 Å². The van der Waals surface area contributed by atoms with Crippen LogP contribution in [0, 0.1) is 11.8 Å². The van der Waals surface area contributed by atoms with E-state index in [1.165, 1.54) is 0 Å². The lowest BCUT2D eigenvalue weighted by atomic mass is 9.94. The minimum atomic E-state index is -0.216. The number of rotatable bonds is 5. The average Bonchev–Trinajstić information content (AvgIpc) is 2.04. The van der Waals surface area contributed by atoms with Gasteiger partial charge in [0.2, 0.25) is 0 Å². The van der Waals surface area contributed by atoms with Crippen LogP contribution in [0.1, 0.15) is 27.2 Å². The molecule has 0 radical (unpaired) electrons. The third kappa shape index (κ3) is 3.51. The van der Waals surface area contributed by atoms with Crippen molar-refractivity contribution >= 4 is 12.3 Å². The maximum atomic E-state index is 11.1. The predicted molar refractivity (Wildman–Crippen MR) is 45.6 cm³/mol. The van der Waals surface area contributed by atoms with Crippen LogP contribution in [0.2, 0.25) is 0 Å². The number of hydrogen-bond acceptors (Lipinski definition) is 3. The van der Waals surface area contributed by atoms with Crippen molar-refractivity contribution in [2.24, 2.45) is 11.8 Å². The average molecular weight is 172 g/mol. The van der Waals surface area contributed by atoms with Crippen LogP contribution in [-0.2, 0) is 14.3 Å². The number of ether oxygens (including phenoxy) is 1. The molecule has 70 valence electrons. The summed E-state index contributed by atoms with van der Waals surface area (Å²) in [4.78, 5) is 21.3. The molecule has 0 aliphatic carbocycles. The second-order valence-electron chi connectivity index (χ2n) is 2.92. The van der Waals surface area contributed by atoms with Gasteiger partial charge in [0.1, 0.15) is 6.29 Å². The van der Waals surface area contributed by atoms with E-state index in [-0.39, 0.29) is 17.8 Å².